The normalized spacial score (nSPS) is 22.3. The summed E-state index contributed by atoms with van der Waals surface area (Å²) in [5, 5.41) is 0. The molecule has 0 aliphatic carbocycles. The quantitative estimate of drug-likeness (QED) is 0.803. The molecule has 0 spiro atoms. The molecule has 1 aliphatic heterocycles. The molecule has 0 N–H and O–H groups in total. The van der Waals surface area contributed by atoms with Gasteiger partial charge < -0.3 is 9.64 Å². The Kier molecular flexibility index (Phi) is 3.48. The Morgan fingerprint density at radius 1 is 1.24 bits per heavy atom. The molecular weight excluding hydrogens is 214 g/mol. The minimum absolute atomic E-state index is 0.00992. The Balaban J connectivity index is 2.28. The summed E-state index contributed by atoms with van der Waals surface area (Å²) in [6, 6.07) is 7.98. The fourth-order valence-electron chi connectivity index (χ4n) is 2.36. The first-order chi connectivity index (χ1) is 8.19. The van der Waals surface area contributed by atoms with Crippen LogP contribution in [0, 0.1) is 0 Å². The van der Waals surface area contributed by atoms with Crippen molar-refractivity contribution >= 4 is 5.91 Å². The van der Waals surface area contributed by atoms with Crippen molar-refractivity contribution in [1.82, 2.24) is 4.90 Å². The summed E-state index contributed by atoms with van der Waals surface area (Å²) in [6.07, 6.45) is -0.406. The van der Waals surface area contributed by atoms with Gasteiger partial charge in [-0.1, -0.05) is 24.3 Å². The van der Waals surface area contributed by atoms with Crippen LogP contribution in [0.2, 0.25) is 0 Å². The Labute approximate surface area is 102 Å². The van der Waals surface area contributed by atoms with E-state index in [9.17, 15) is 4.79 Å². The summed E-state index contributed by atoms with van der Waals surface area (Å²) in [6.45, 7) is 7.43. The molecule has 0 fully saturated rings. The van der Waals surface area contributed by atoms with Gasteiger partial charge in [-0.2, -0.15) is 0 Å². The summed E-state index contributed by atoms with van der Waals surface area (Å²) >= 11 is 0. The van der Waals surface area contributed by atoms with Crippen molar-refractivity contribution in [3.8, 4) is 0 Å². The van der Waals surface area contributed by atoms with Crippen LogP contribution in [-0.2, 0) is 9.53 Å². The van der Waals surface area contributed by atoms with Crippen LogP contribution in [0.4, 0.5) is 0 Å². The second-order valence-corrected chi connectivity index (χ2v) is 4.30. The zero-order valence-corrected chi connectivity index (χ0v) is 10.6. The van der Waals surface area contributed by atoms with E-state index in [1.165, 1.54) is 0 Å². The molecule has 1 aliphatic rings. The van der Waals surface area contributed by atoms with E-state index in [1.54, 1.807) is 0 Å². The number of likely N-dealkylation sites (N-methyl/N-ethyl adjacent to an activating group) is 1. The van der Waals surface area contributed by atoms with Gasteiger partial charge in [0.2, 0.25) is 0 Å². The number of benzene rings is 1. The molecule has 1 amide bonds. The fraction of sp³-hybridized carbons (Fsp3) is 0.500. The van der Waals surface area contributed by atoms with Crippen LogP contribution >= 0.6 is 0 Å². The molecule has 0 aromatic heterocycles. The van der Waals surface area contributed by atoms with E-state index in [-0.39, 0.29) is 12.0 Å². The van der Waals surface area contributed by atoms with Gasteiger partial charge in [0.05, 0.1) is 6.10 Å². The molecular formula is C14H19NO2. The van der Waals surface area contributed by atoms with Gasteiger partial charge in [-0.25, -0.2) is 0 Å². The van der Waals surface area contributed by atoms with Gasteiger partial charge in [-0.15, -0.1) is 0 Å². The van der Waals surface area contributed by atoms with Crippen LogP contribution < -0.4 is 0 Å². The van der Waals surface area contributed by atoms with Gasteiger partial charge in [0.25, 0.3) is 5.91 Å². The second-order valence-electron chi connectivity index (χ2n) is 4.30. The molecule has 17 heavy (non-hydrogen) atoms. The fourth-order valence-corrected chi connectivity index (χ4v) is 2.36. The Morgan fingerprint density at radius 3 is 2.41 bits per heavy atom. The largest absolute Gasteiger partial charge is 0.356 e. The first-order valence-electron chi connectivity index (χ1n) is 6.22. The van der Waals surface area contributed by atoms with Crippen molar-refractivity contribution in [1.29, 1.82) is 0 Å². The van der Waals surface area contributed by atoms with Crippen LogP contribution in [0.1, 0.15) is 44.1 Å². The van der Waals surface area contributed by atoms with E-state index in [0.717, 1.165) is 24.2 Å². The molecule has 2 rings (SSSR count). The van der Waals surface area contributed by atoms with Crippen LogP contribution in [-0.4, -0.2) is 23.9 Å². The summed E-state index contributed by atoms with van der Waals surface area (Å²) in [7, 11) is 0. The number of carbonyl (C=O) groups is 1. The number of fused-ring (bicyclic) bond motifs is 1. The molecule has 1 aromatic rings. The van der Waals surface area contributed by atoms with Crippen molar-refractivity contribution in [2.24, 2.45) is 0 Å². The van der Waals surface area contributed by atoms with Gasteiger partial charge in [0.15, 0.2) is 6.10 Å². The maximum Gasteiger partial charge on any atom is 0.256 e. The lowest BCUT2D eigenvalue weighted by Gasteiger charge is -2.22. The SMILES string of the molecule is CCN(CC)C(=O)[C@H]1O[C@H](C)c2ccccc21. The lowest BCUT2D eigenvalue weighted by Crippen LogP contribution is -2.34. The van der Waals surface area contributed by atoms with Gasteiger partial charge >= 0.3 is 0 Å². The molecule has 0 unspecified atom stereocenters. The number of rotatable bonds is 3. The smallest absolute Gasteiger partial charge is 0.256 e. The van der Waals surface area contributed by atoms with Gasteiger partial charge in [0.1, 0.15) is 0 Å². The highest BCUT2D eigenvalue weighted by Gasteiger charge is 2.35. The molecule has 3 heteroatoms. The first kappa shape index (κ1) is 12.1. The van der Waals surface area contributed by atoms with E-state index in [1.807, 2.05) is 49.9 Å². The number of carbonyl (C=O) groups excluding carboxylic acids is 1. The third-order valence-electron chi connectivity index (χ3n) is 3.36. The van der Waals surface area contributed by atoms with Gasteiger partial charge in [-0.05, 0) is 31.9 Å². The number of nitrogens with zero attached hydrogens (tertiary/aromatic N) is 1. The topological polar surface area (TPSA) is 29.5 Å². The van der Waals surface area contributed by atoms with E-state index in [2.05, 4.69) is 0 Å². The van der Waals surface area contributed by atoms with Crippen molar-refractivity contribution in [3.05, 3.63) is 35.4 Å². The lowest BCUT2D eigenvalue weighted by atomic mass is 10.0. The number of amides is 1. The molecule has 92 valence electrons. The third-order valence-corrected chi connectivity index (χ3v) is 3.36. The summed E-state index contributed by atoms with van der Waals surface area (Å²) < 4.78 is 5.79. The maximum absolute atomic E-state index is 12.3. The Morgan fingerprint density at radius 2 is 1.82 bits per heavy atom. The second kappa shape index (κ2) is 4.88. The minimum Gasteiger partial charge on any atom is -0.356 e. The molecule has 0 radical (unpaired) electrons. The van der Waals surface area contributed by atoms with Crippen molar-refractivity contribution < 1.29 is 9.53 Å². The molecule has 3 nitrogen and oxygen atoms in total. The minimum atomic E-state index is -0.416. The van der Waals surface area contributed by atoms with Gasteiger partial charge in [0, 0.05) is 13.1 Å². The zero-order valence-electron chi connectivity index (χ0n) is 10.6. The van der Waals surface area contributed by atoms with Crippen molar-refractivity contribution in [2.45, 2.75) is 33.0 Å². The molecule has 0 saturated heterocycles. The van der Waals surface area contributed by atoms with Gasteiger partial charge in [-0.3, -0.25) is 4.79 Å². The molecule has 1 aromatic carbocycles. The highest BCUT2D eigenvalue weighted by atomic mass is 16.5. The van der Waals surface area contributed by atoms with Crippen LogP contribution in [0.15, 0.2) is 24.3 Å². The van der Waals surface area contributed by atoms with Crippen molar-refractivity contribution in [2.75, 3.05) is 13.1 Å². The summed E-state index contributed by atoms with van der Waals surface area (Å²) in [4.78, 5) is 14.1. The molecule has 2 atom stereocenters. The lowest BCUT2D eigenvalue weighted by molar-refractivity contribution is -0.145. The van der Waals surface area contributed by atoms with Crippen LogP contribution in [0.25, 0.3) is 0 Å². The van der Waals surface area contributed by atoms with Crippen LogP contribution in [0.5, 0.6) is 0 Å². The number of ether oxygens (including phenoxy) is 1. The number of hydrogen-bond acceptors (Lipinski definition) is 2. The van der Waals surface area contributed by atoms with E-state index < -0.39 is 6.10 Å². The highest BCUT2D eigenvalue weighted by Crippen LogP contribution is 2.39. The average molecular weight is 233 g/mol. The standard InChI is InChI=1S/C14H19NO2/c1-4-15(5-2)14(16)13-12-9-7-6-8-11(12)10(3)17-13/h6-10,13H,4-5H2,1-3H3/t10-,13+/m1/s1. The predicted octanol–water partition coefficient (Wildman–Crippen LogP) is 2.69. The number of hydrogen-bond donors (Lipinski definition) is 0. The van der Waals surface area contributed by atoms with Crippen molar-refractivity contribution in [3.63, 3.8) is 0 Å². The Hall–Kier alpha value is -1.35. The van der Waals surface area contributed by atoms with E-state index in [4.69, 9.17) is 4.74 Å². The van der Waals surface area contributed by atoms with E-state index in [0.29, 0.717) is 0 Å². The molecule has 0 saturated carbocycles. The average Bonchev–Trinajstić information content (AvgIpc) is 2.69. The summed E-state index contributed by atoms with van der Waals surface area (Å²) in [5.74, 6) is 0.0757. The third kappa shape index (κ3) is 2.07. The maximum atomic E-state index is 12.3. The molecule has 0 bridgehead atoms. The first-order valence-corrected chi connectivity index (χ1v) is 6.22. The monoisotopic (exact) mass is 233 g/mol. The summed E-state index contributed by atoms with van der Waals surface area (Å²) in [5.41, 5.74) is 2.16. The zero-order chi connectivity index (χ0) is 12.4. The highest BCUT2D eigenvalue weighted by molar-refractivity contribution is 5.83. The van der Waals surface area contributed by atoms with E-state index >= 15 is 0 Å². The predicted molar refractivity (Wildman–Crippen MR) is 66.6 cm³/mol. The molecule has 1 heterocycles. The van der Waals surface area contributed by atoms with Crippen LogP contribution in [0.3, 0.4) is 0 Å². The Bertz CT molecular complexity index is 412.